The van der Waals surface area contributed by atoms with E-state index in [2.05, 4.69) is 55.4 Å². The van der Waals surface area contributed by atoms with Crippen molar-refractivity contribution in [1.82, 2.24) is 0 Å². The molecule has 0 aromatic rings. The van der Waals surface area contributed by atoms with Crippen LogP contribution in [0.4, 0.5) is 0 Å². The molecule has 0 saturated carbocycles. The Morgan fingerprint density at radius 3 is 0.816 bits per heavy atom. The molecule has 17 nitrogen and oxygen atoms in total. The molecule has 0 aliphatic heterocycles. The minimum Gasteiger partial charge on any atom is -0.462 e. The molecule has 0 bridgehead atoms. The highest BCUT2D eigenvalue weighted by molar-refractivity contribution is 7.47. The number of phosphoric ester groups is 2. The minimum atomic E-state index is -4.95. The second-order valence-corrected chi connectivity index (χ2v) is 28.7. The summed E-state index contributed by atoms with van der Waals surface area (Å²) in [5.74, 6) is 0.895. The van der Waals surface area contributed by atoms with Crippen LogP contribution >= 0.6 is 15.6 Å². The van der Waals surface area contributed by atoms with Crippen molar-refractivity contribution < 1.29 is 80.2 Å². The monoisotopic (exact) mass is 1280 g/mol. The van der Waals surface area contributed by atoms with E-state index in [1.165, 1.54) is 128 Å². The number of phosphoric acid groups is 2. The van der Waals surface area contributed by atoms with E-state index in [1.807, 2.05) is 0 Å². The molecule has 0 aliphatic rings. The molecule has 0 rings (SSSR count). The lowest BCUT2D eigenvalue weighted by Gasteiger charge is -2.21. The van der Waals surface area contributed by atoms with Gasteiger partial charge in [-0.2, -0.15) is 0 Å². The number of carbonyl (C=O) groups excluding carboxylic acids is 4. The van der Waals surface area contributed by atoms with Gasteiger partial charge in [-0.15, -0.1) is 0 Å². The number of hydrogen-bond acceptors (Lipinski definition) is 15. The molecule has 0 aromatic heterocycles. The third kappa shape index (κ3) is 58.9. The normalized spacial score (nSPS) is 15.3. The molecule has 0 spiro atoms. The highest BCUT2D eigenvalue weighted by atomic mass is 31.2. The number of esters is 4. The Hall–Kier alpha value is -1.94. The maximum Gasteiger partial charge on any atom is 0.472 e. The summed E-state index contributed by atoms with van der Waals surface area (Å²) in [6.45, 7) is 14.1. The molecule has 3 N–H and O–H groups in total. The third-order valence-corrected chi connectivity index (χ3v) is 18.6. The van der Waals surface area contributed by atoms with E-state index >= 15 is 0 Å². The Morgan fingerprint density at radius 1 is 0.322 bits per heavy atom. The maximum absolute atomic E-state index is 13.0. The van der Waals surface area contributed by atoms with Crippen molar-refractivity contribution >= 4 is 39.5 Å². The van der Waals surface area contributed by atoms with Crippen LogP contribution in [0.3, 0.4) is 0 Å². The van der Waals surface area contributed by atoms with Gasteiger partial charge in [0.2, 0.25) is 0 Å². The molecule has 0 heterocycles. The van der Waals surface area contributed by atoms with Crippen molar-refractivity contribution in [2.45, 2.75) is 350 Å². The molecule has 0 saturated heterocycles. The van der Waals surface area contributed by atoms with E-state index in [0.29, 0.717) is 25.7 Å². The number of ether oxygens (including phenoxy) is 4. The van der Waals surface area contributed by atoms with Crippen LogP contribution < -0.4 is 0 Å². The molecule has 0 radical (unpaired) electrons. The first kappa shape index (κ1) is 85.1. The number of rotatable bonds is 65. The molecule has 0 amide bonds. The van der Waals surface area contributed by atoms with Gasteiger partial charge in [0.1, 0.15) is 19.3 Å². The fourth-order valence-corrected chi connectivity index (χ4v) is 11.6. The molecular weight excluding hydrogens is 1150 g/mol. The summed E-state index contributed by atoms with van der Waals surface area (Å²) in [5.41, 5.74) is 0. The van der Waals surface area contributed by atoms with Crippen LogP contribution in [-0.2, 0) is 65.4 Å². The first-order chi connectivity index (χ1) is 41.7. The van der Waals surface area contributed by atoms with Crippen LogP contribution in [-0.4, -0.2) is 96.7 Å². The lowest BCUT2D eigenvalue weighted by molar-refractivity contribution is -0.161. The molecule has 0 fully saturated rings. The average molecular weight is 1280 g/mol. The van der Waals surface area contributed by atoms with E-state index in [9.17, 15) is 43.2 Å². The van der Waals surface area contributed by atoms with E-state index in [1.54, 1.807) is 0 Å². The van der Waals surface area contributed by atoms with Crippen LogP contribution in [0.5, 0.6) is 0 Å². The summed E-state index contributed by atoms with van der Waals surface area (Å²) in [6.07, 6.45) is 38.8. The zero-order chi connectivity index (χ0) is 64.7. The van der Waals surface area contributed by atoms with Crippen molar-refractivity contribution in [3.05, 3.63) is 0 Å². The van der Waals surface area contributed by atoms with Crippen molar-refractivity contribution in [1.29, 1.82) is 0 Å². The Morgan fingerprint density at radius 2 is 0.552 bits per heavy atom. The number of hydrogen-bond donors (Lipinski definition) is 3. The summed E-state index contributed by atoms with van der Waals surface area (Å²) >= 11 is 0. The zero-order valence-corrected chi connectivity index (χ0v) is 58.4. The first-order valence-electron chi connectivity index (χ1n) is 35.3. The van der Waals surface area contributed by atoms with Crippen LogP contribution in [0, 0.1) is 23.7 Å². The van der Waals surface area contributed by atoms with Gasteiger partial charge in [-0.25, -0.2) is 9.13 Å². The molecule has 0 aromatic carbocycles. The second-order valence-electron chi connectivity index (χ2n) is 25.8. The van der Waals surface area contributed by atoms with Gasteiger partial charge >= 0.3 is 39.5 Å². The molecule has 8 atom stereocenters. The van der Waals surface area contributed by atoms with E-state index in [4.69, 9.17) is 37.0 Å². The summed E-state index contributed by atoms with van der Waals surface area (Å²) in [6, 6.07) is 0. The van der Waals surface area contributed by atoms with Crippen molar-refractivity contribution in [3.8, 4) is 0 Å². The van der Waals surface area contributed by atoms with Gasteiger partial charge in [0.15, 0.2) is 12.2 Å². The minimum absolute atomic E-state index is 0.103. The molecule has 0 aliphatic carbocycles. The Kier molecular flexibility index (Phi) is 56.6. The van der Waals surface area contributed by atoms with Crippen molar-refractivity contribution in [2.24, 2.45) is 23.7 Å². The number of unbranched alkanes of at least 4 members (excludes halogenated alkanes) is 28. The maximum atomic E-state index is 13.0. The van der Waals surface area contributed by atoms with Crippen LogP contribution in [0.2, 0.25) is 0 Å². The van der Waals surface area contributed by atoms with Crippen LogP contribution in [0.15, 0.2) is 0 Å². The lowest BCUT2D eigenvalue weighted by atomic mass is 9.99. The standard InChI is InChI=1S/C68H132O17P2/c1-9-59(6)45-37-29-21-14-12-13-15-24-34-42-50-67(72)84-63(54-78-65(70)48-40-32-23-19-17-22-30-38-46-60(7)10-2)56-82-86(74,75)80-52-62(69)53-81-87(76,77)83-57-64(55-79-66(71)49-41-33-27-26-31-39-47-61(8)11-3)85-68(73)51-43-35-25-18-16-20-28-36-44-58(4)5/h58-64,69H,9-57H2,1-8H3,(H,74,75)(H,76,77)/t59?,60?,61?,62-,63-,64-/m1/s1. The fourth-order valence-electron chi connectivity index (χ4n) is 10.0. The predicted molar refractivity (Wildman–Crippen MR) is 349 cm³/mol. The van der Waals surface area contributed by atoms with Gasteiger partial charge in [-0.05, 0) is 49.4 Å². The first-order valence-corrected chi connectivity index (χ1v) is 38.3. The van der Waals surface area contributed by atoms with Crippen LogP contribution in [0.25, 0.3) is 0 Å². The Balaban J connectivity index is 5.28. The van der Waals surface area contributed by atoms with Crippen molar-refractivity contribution in [2.75, 3.05) is 39.6 Å². The Labute approximate surface area is 530 Å². The summed E-state index contributed by atoms with van der Waals surface area (Å²) < 4.78 is 68.2. The highest BCUT2D eigenvalue weighted by Crippen LogP contribution is 2.45. The van der Waals surface area contributed by atoms with Gasteiger partial charge in [0.05, 0.1) is 26.4 Å². The van der Waals surface area contributed by atoms with Gasteiger partial charge in [-0.3, -0.25) is 37.3 Å². The zero-order valence-electron chi connectivity index (χ0n) is 56.6. The summed E-state index contributed by atoms with van der Waals surface area (Å²) in [7, 11) is -9.90. The second kappa shape index (κ2) is 57.9. The largest absolute Gasteiger partial charge is 0.472 e. The van der Waals surface area contributed by atoms with E-state index in [-0.39, 0.29) is 25.7 Å². The van der Waals surface area contributed by atoms with Crippen LogP contribution in [0.1, 0.15) is 331 Å². The topological polar surface area (TPSA) is 237 Å². The average Bonchev–Trinajstić information content (AvgIpc) is 3.70. The molecular formula is C68H132O17P2. The van der Waals surface area contributed by atoms with Gasteiger partial charge in [0, 0.05) is 25.7 Å². The van der Waals surface area contributed by atoms with E-state index in [0.717, 1.165) is 120 Å². The summed E-state index contributed by atoms with van der Waals surface area (Å²) in [4.78, 5) is 72.4. The fraction of sp³-hybridized carbons (Fsp3) is 0.941. The molecule has 516 valence electrons. The Bertz CT molecular complexity index is 1740. The molecule has 5 unspecified atom stereocenters. The highest BCUT2D eigenvalue weighted by Gasteiger charge is 2.30. The number of carbonyl (C=O) groups is 4. The lowest BCUT2D eigenvalue weighted by Crippen LogP contribution is -2.30. The number of aliphatic hydroxyl groups excluding tert-OH is 1. The quantitative estimate of drug-likeness (QED) is 0.0222. The smallest absolute Gasteiger partial charge is 0.462 e. The predicted octanol–water partition coefficient (Wildman–Crippen LogP) is 18.9. The molecule has 87 heavy (non-hydrogen) atoms. The van der Waals surface area contributed by atoms with Gasteiger partial charge < -0.3 is 33.8 Å². The summed E-state index contributed by atoms with van der Waals surface area (Å²) in [5, 5.41) is 10.6. The molecule has 19 heteroatoms. The van der Waals surface area contributed by atoms with Gasteiger partial charge in [-0.1, -0.05) is 280 Å². The third-order valence-electron chi connectivity index (χ3n) is 16.7. The van der Waals surface area contributed by atoms with Gasteiger partial charge in [0.25, 0.3) is 0 Å². The van der Waals surface area contributed by atoms with Crippen molar-refractivity contribution in [3.63, 3.8) is 0 Å². The number of aliphatic hydroxyl groups is 1. The SMILES string of the molecule is CCC(C)CCCCCCCCCCCCC(=O)O[C@H](COC(=O)CCCCCCCCCCC(C)CC)COP(=O)(O)OC[C@@H](O)COP(=O)(O)OC[C@@H](COC(=O)CCCCCCCCC(C)CC)OC(=O)CCCCCCCCCCC(C)C. The van der Waals surface area contributed by atoms with E-state index < -0.39 is 97.5 Å².